The Morgan fingerprint density at radius 3 is 1.87 bits per heavy atom. The van der Waals surface area contributed by atoms with Gasteiger partial charge in [0.2, 0.25) is 10.0 Å². The molecule has 0 bridgehead atoms. The molecule has 0 unspecified atom stereocenters. The molecule has 0 aliphatic heterocycles. The smallest absolute Gasteiger partial charge is 0.315 e. The van der Waals surface area contributed by atoms with Gasteiger partial charge in [-0.25, -0.2) is 17.5 Å². The third-order valence-corrected chi connectivity index (χ3v) is 6.63. The Kier molecular flexibility index (Phi) is 6.87. The van der Waals surface area contributed by atoms with Crippen LogP contribution in [0.3, 0.4) is 0 Å². The number of urea groups is 1. The number of rotatable bonds is 7. The predicted octanol–water partition coefficient (Wildman–Crippen LogP) is 3.53. The van der Waals surface area contributed by atoms with Gasteiger partial charge in [-0.15, -0.1) is 0 Å². The summed E-state index contributed by atoms with van der Waals surface area (Å²) < 4.78 is 26.2. The maximum absolute atomic E-state index is 12.7. The fraction of sp³-hybridized carbons (Fsp3) is 0.174. The highest BCUT2D eigenvalue weighted by Crippen LogP contribution is 2.22. The van der Waals surface area contributed by atoms with E-state index in [1.165, 1.54) is 14.1 Å². The van der Waals surface area contributed by atoms with Crippen molar-refractivity contribution in [2.24, 2.45) is 0 Å². The lowest BCUT2D eigenvalue weighted by Crippen LogP contribution is -2.38. The van der Waals surface area contributed by atoms with E-state index in [-0.39, 0.29) is 23.5 Å². The lowest BCUT2D eigenvalue weighted by atomic mass is 9.99. The van der Waals surface area contributed by atoms with Crippen LogP contribution in [0, 0.1) is 0 Å². The van der Waals surface area contributed by atoms with Gasteiger partial charge in [0.25, 0.3) is 0 Å². The minimum Gasteiger partial charge on any atom is -0.334 e. The Bertz CT molecular complexity index is 1050. The van der Waals surface area contributed by atoms with Gasteiger partial charge in [0.05, 0.1) is 10.9 Å². The van der Waals surface area contributed by atoms with E-state index in [0.29, 0.717) is 5.56 Å². The lowest BCUT2D eigenvalue weighted by Gasteiger charge is -2.21. The summed E-state index contributed by atoms with van der Waals surface area (Å²) in [5.41, 5.74) is 2.43. The summed E-state index contributed by atoms with van der Waals surface area (Å²) in [5.74, 6) is 0. The molecule has 0 fully saturated rings. The van der Waals surface area contributed by atoms with Gasteiger partial charge in [-0.2, -0.15) is 0 Å². The summed E-state index contributed by atoms with van der Waals surface area (Å²) in [6.07, 6.45) is 0. The maximum atomic E-state index is 12.7. The van der Waals surface area contributed by atoms with E-state index in [2.05, 4.69) is 10.6 Å². The summed E-state index contributed by atoms with van der Waals surface area (Å²) in [6, 6.07) is 25.3. The largest absolute Gasteiger partial charge is 0.334 e. The van der Waals surface area contributed by atoms with Crippen molar-refractivity contribution >= 4 is 16.1 Å². The SMILES string of the molecule is CN(C)S(=O)(=O)c1ccccc1CNC(=O)NC(c1ccccc1)c1ccccc1. The van der Waals surface area contributed by atoms with Gasteiger partial charge in [0.1, 0.15) is 0 Å². The molecule has 3 aromatic rings. The van der Waals surface area contributed by atoms with Crippen LogP contribution in [0.4, 0.5) is 4.79 Å². The highest BCUT2D eigenvalue weighted by molar-refractivity contribution is 7.89. The molecule has 30 heavy (non-hydrogen) atoms. The monoisotopic (exact) mass is 423 g/mol. The molecule has 2 amide bonds. The molecule has 3 aromatic carbocycles. The van der Waals surface area contributed by atoms with Crippen LogP contribution in [0.1, 0.15) is 22.7 Å². The molecule has 0 aliphatic rings. The third-order valence-electron chi connectivity index (χ3n) is 4.71. The average molecular weight is 424 g/mol. The predicted molar refractivity (Wildman–Crippen MR) is 117 cm³/mol. The molecule has 0 radical (unpaired) electrons. The first-order valence-electron chi connectivity index (χ1n) is 9.54. The number of nitrogens with zero attached hydrogens (tertiary/aromatic N) is 1. The summed E-state index contributed by atoms with van der Waals surface area (Å²) in [5, 5.41) is 5.78. The first-order valence-corrected chi connectivity index (χ1v) is 11.0. The number of carbonyl (C=O) groups excluding carboxylic acids is 1. The lowest BCUT2D eigenvalue weighted by molar-refractivity contribution is 0.238. The van der Waals surface area contributed by atoms with Crippen LogP contribution >= 0.6 is 0 Å². The average Bonchev–Trinajstić information content (AvgIpc) is 2.77. The van der Waals surface area contributed by atoms with Crippen molar-refractivity contribution in [2.45, 2.75) is 17.5 Å². The van der Waals surface area contributed by atoms with Gasteiger partial charge in [-0.3, -0.25) is 0 Å². The van der Waals surface area contributed by atoms with E-state index in [4.69, 9.17) is 0 Å². The topological polar surface area (TPSA) is 78.5 Å². The third kappa shape index (κ3) is 5.06. The second-order valence-corrected chi connectivity index (χ2v) is 9.10. The Morgan fingerprint density at radius 2 is 1.33 bits per heavy atom. The van der Waals surface area contributed by atoms with E-state index < -0.39 is 10.0 Å². The number of carbonyl (C=O) groups is 1. The van der Waals surface area contributed by atoms with Gasteiger partial charge in [0, 0.05) is 20.6 Å². The van der Waals surface area contributed by atoms with E-state index in [0.717, 1.165) is 15.4 Å². The normalized spacial score (nSPS) is 11.5. The molecule has 156 valence electrons. The van der Waals surface area contributed by atoms with Crippen molar-refractivity contribution in [2.75, 3.05) is 14.1 Å². The number of hydrogen-bond acceptors (Lipinski definition) is 3. The molecule has 0 saturated heterocycles. The molecule has 0 saturated carbocycles. The maximum Gasteiger partial charge on any atom is 0.315 e. The number of hydrogen-bond donors (Lipinski definition) is 2. The number of nitrogens with one attached hydrogen (secondary N) is 2. The van der Waals surface area contributed by atoms with Gasteiger partial charge in [0.15, 0.2) is 0 Å². The van der Waals surface area contributed by atoms with Gasteiger partial charge < -0.3 is 10.6 Å². The van der Waals surface area contributed by atoms with E-state index in [1.54, 1.807) is 24.3 Å². The van der Waals surface area contributed by atoms with Gasteiger partial charge in [-0.1, -0.05) is 78.9 Å². The summed E-state index contributed by atoms with van der Waals surface area (Å²) in [4.78, 5) is 12.9. The van der Waals surface area contributed by atoms with Gasteiger partial charge in [-0.05, 0) is 22.8 Å². The second kappa shape index (κ2) is 9.56. The number of sulfonamides is 1. The number of amides is 2. The zero-order valence-corrected chi connectivity index (χ0v) is 17.8. The van der Waals surface area contributed by atoms with Crippen LogP contribution in [0.2, 0.25) is 0 Å². The molecule has 2 N–H and O–H groups in total. The zero-order chi connectivity index (χ0) is 21.6. The van der Waals surface area contributed by atoms with Crippen LogP contribution in [0.15, 0.2) is 89.8 Å². The van der Waals surface area contributed by atoms with E-state index >= 15 is 0 Å². The van der Waals surface area contributed by atoms with E-state index in [9.17, 15) is 13.2 Å². The second-order valence-electron chi connectivity index (χ2n) is 6.98. The first-order chi connectivity index (χ1) is 14.4. The zero-order valence-electron chi connectivity index (χ0n) is 16.9. The fourth-order valence-electron chi connectivity index (χ4n) is 3.11. The molecule has 0 heterocycles. The Morgan fingerprint density at radius 1 is 0.833 bits per heavy atom. The molecular weight excluding hydrogens is 398 g/mol. The van der Waals surface area contributed by atoms with Crippen molar-refractivity contribution in [1.82, 2.24) is 14.9 Å². The Balaban J connectivity index is 1.77. The van der Waals surface area contributed by atoms with Crippen molar-refractivity contribution in [3.63, 3.8) is 0 Å². The van der Waals surface area contributed by atoms with E-state index in [1.807, 2.05) is 60.7 Å². The van der Waals surface area contributed by atoms with Crippen molar-refractivity contribution < 1.29 is 13.2 Å². The molecule has 0 spiro atoms. The minimum atomic E-state index is -3.60. The van der Waals surface area contributed by atoms with Crippen LogP contribution in [0.5, 0.6) is 0 Å². The van der Waals surface area contributed by atoms with Crippen LogP contribution in [-0.2, 0) is 16.6 Å². The van der Waals surface area contributed by atoms with Crippen LogP contribution < -0.4 is 10.6 Å². The highest BCUT2D eigenvalue weighted by atomic mass is 32.2. The fourth-order valence-corrected chi connectivity index (χ4v) is 4.22. The number of benzene rings is 3. The molecule has 6 nitrogen and oxygen atoms in total. The minimum absolute atomic E-state index is 0.0887. The van der Waals surface area contributed by atoms with Crippen LogP contribution in [-0.4, -0.2) is 32.8 Å². The Labute approximate surface area is 177 Å². The standard InChI is InChI=1S/C23H25N3O3S/c1-26(2)30(28,29)21-16-10-9-15-20(21)17-24-23(27)25-22(18-11-5-3-6-12-18)19-13-7-4-8-14-19/h3-16,22H,17H2,1-2H3,(H2,24,25,27). The molecule has 3 rings (SSSR count). The molecule has 0 aromatic heterocycles. The quantitative estimate of drug-likeness (QED) is 0.610. The van der Waals surface area contributed by atoms with Crippen molar-refractivity contribution in [3.8, 4) is 0 Å². The Hall–Kier alpha value is -3.16. The molecule has 0 aliphatic carbocycles. The van der Waals surface area contributed by atoms with Crippen molar-refractivity contribution in [3.05, 3.63) is 102 Å². The molecule has 0 atom stereocenters. The van der Waals surface area contributed by atoms with Gasteiger partial charge >= 0.3 is 6.03 Å². The highest BCUT2D eigenvalue weighted by Gasteiger charge is 2.21. The van der Waals surface area contributed by atoms with Crippen molar-refractivity contribution in [1.29, 1.82) is 0 Å². The summed E-state index contributed by atoms with van der Waals surface area (Å²) in [6.45, 7) is 0.0887. The first kappa shape index (κ1) is 21.5. The summed E-state index contributed by atoms with van der Waals surface area (Å²) in [7, 11) is -0.637. The molecular formula is C23H25N3O3S. The summed E-state index contributed by atoms with van der Waals surface area (Å²) >= 11 is 0. The van der Waals surface area contributed by atoms with Crippen LogP contribution in [0.25, 0.3) is 0 Å². The molecule has 7 heteroatoms.